The van der Waals surface area contributed by atoms with Gasteiger partial charge in [0.2, 0.25) is 0 Å². The van der Waals surface area contributed by atoms with Gasteiger partial charge in [0.15, 0.2) is 0 Å². The van der Waals surface area contributed by atoms with E-state index in [0.717, 1.165) is 11.1 Å². The largest absolute Gasteiger partial charge is 0.495 e. The monoisotopic (exact) mass is 297 g/mol. The fraction of sp³-hybridized carbons (Fsp3) is 0.143. The average Bonchev–Trinajstić information content (AvgIpc) is 2.40. The van der Waals surface area contributed by atoms with Crippen LogP contribution in [0, 0.1) is 0 Å². The van der Waals surface area contributed by atoms with Crippen LogP contribution in [-0.2, 0) is 0 Å². The molecule has 0 fully saturated rings. The van der Waals surface area contributed by atoms with Crippen molar-refractivity contribution in [1.29, 1.82) is 0 Å². The van der Waals surface area contributed by atoms with Gasteiger partial charge in [0, 0.05) is 11.6 Å². The van der Waals surface area contributed by atoms with Crippen molar-refractivity contribution in [3.05, 3.63) is 40.4 Å². The Bertz CT molecular complexity index is 615. The van der Waals surface area contributed by atoms with Crippen LogP contribution in [0.4, 0.5) is 5.69 Å². The van der Waals surface area contributed by atoms with Crippen LogP contribution in [0.2, 0.25) is 10.0 Å². The molecule has 0 aliphatic carbocycles. The van der Waals surface area contributed by atoms with Gasteiger partial charge in [-0.3, -0.25) is 0 Å². The summed E-state index contributed by atoms with van der Waals surface area (Å²) < 4.78 is 10.2. The van der Waals surface area contributed by atoms with Gasteiger partial charge in [0.25, 0.3) is 0 Å². The van der Waals surface area contributed by atoms with E-state index in [4.69, 9.17) is 38.4 Å². The quantitative estimate of drug-likeness (QED) is 0.861. The molecular weight excluding hydrogens is 285 g/mol. The second-order valence-electron chi connectivity index (χ2n) is 3.92. The molecule has 0 spiro atoms. The molecule has 100 valence electrons. The SMILES string of the molecule is COc1ccc(-c2cc(Cl)c(OC)cc2Cl)cc1N. The number of anilines is 1. The van der Waals surface area contributed by atoms with E-state index in [9.17, 15) is 0 Å². The molecule has 0 radical (unpaired) electrons. The summed E-state index contributed by atoms with van der Waals surface area (Å²) in [5.41, 5.74) is 8.09. The first-order chi connectivity index (χ1) is 9.06. The Hall–Kier alpha value is -1.58. The third-order valence-electron chi connectivity index (χ3n) is 2.78. The van der Waals surface area contributed by atoms with E-state index in [-0.39, 0.29) is 0 Å². The van der Waals surface area contributed by atoms with Crippen LogP contribution in [0.25, 0.3) is 11.1 Å². The minimum absolute atomic E-state index is 0.497. The lowest BCUT2D eigenvalue weighted by Crippen LogP contribution is -1.93. The summed E-state index contributed by atoms with van der Waals surface area (Å²) >= 11 is 12.3. The highest BCUT2D eigenvalue weighted by atomic mass is 35.5. The predicted molar refractivity (Wildman–Crippen MR) is 79.4 cm³/mol. The molecule has 0 amide bonds. The molecule has 0 aliphatic rings. The van der Waals surface area contributed by atoms with Crippen LogP contribution in [-0.4, -0.2) is 14.2 Å². The van der Waals surface area contributed by atoms with Crippen LogP contribution in [0.1, 0.15) is 0 Å². The van der Waals surface area contributed by atoms with Crippen LogP contribution >= 0.6 is 23.2 Å². The topological polar surface area (TPSA) is 44.5 Å². The molecule has 2 rings (SSSR count). The van der Waals surface area contributed by atoms with Crippen LogP contribution in [0.5, 0.6) is 11.5 Å². The van der Waals surface area contributed by atoms with Gasteiger partial charge in [-0.2, -0.15) is 0 Å². The maximum Gasteiger partial charge on any atom is 0.141 e. The van der Waals surface area contributed by atoms with Gasteiger partial charge in [-0.1, -0.05) is 29.3 Å². The van der Waals surface area contributed by atoms with Gasteiger partial charge in [0.05, 0.1) is 30.0 Å². The molecule has 3 nitrogen and oxygen atoms in total. The first kappa shape index (κ1) is 13.8. The fourth-order valence-electron chi connectivity index (χ4n) is 1.81. The Balaban J connectivity index is 2.53. The summed E-state index contributed by atoms with van der Waals surface area (Å²) in [6, 6.07) is 8.89. The zero-order valence-electron chi connectivity index (χ0n) is 10.5. The van der Waals surface area contributed by atoms with Crippen molar-refractivity contribution in [3.63, 3.8) is 0 Å². The highest BCUT2D eigenvalue weighted by molar-refractivity contribution is 6.36. The van der Waals surface area contributed by atoms with Gasteiger partial charge in [-0.15, -0.1) is 0 Å². The van der Waals surface area contributed by atoms with Gasteiger partial charge >= 0.3 is 0 Å². The Morgan fingerprint density at radius 2 is 1.58 bits per heavy atom. The van der Waals surface area contributed by atoms with Crippen molar-refractivity contribution in [2.45, 2.75) is 0 Å². The third kappa shape index (κ3) is 2.72. The maximum atomic E-state index is 6.23. The summed E-state index contributed by atoms with van der Waals surface area (Å²) in [5, 5.41) is 1.04. The highest BCUT2D eigenvalue weighted by Gasteiger charge is 2.11. The first-order valence-electron chi connectivity index (χ1n) is 5.53. The number of ether oxygens (including phenoxy) is 2. The zero-order chi connectivity index (χ0) is 14.0. The normalized spacial score (nSPS) is 10.3. The molecule has 2 N–H and O–H groups in total. The molecule has 0 heterocycles. The number of nitrogen functional groups attached to an aromatic ring is 1. The van der Waals surface area contributed by atoms with E-state index < -0.39 is 0 Å². The summed E-state index contributed by atoms with van der Waals surface area (Å²) in [4.78, 5) is 0. The van der Waals surface area contributed by atoms with Crippen LogP contribution in [0.15, 0.2) is 30.3 Å². The molecule has 0 aliphatic heterocycles. The summed E-state index contributed by atoms with van der Waals surface area (Å²) in [6.07, 6.45) is 0. The Labute approximate surface area is 121 Å². The number of nitrogens with two attached hydrogens (primary N) is 1. The van der Waals surface area contributed by atoms with Crippen molar-refractivity contribution in [2.75, 3.05) is 20.0 Å². The van der Waals surface area contributed by atoms with E-state index in [0.29, 0.717) is 27.2 Å². The van der Waals surface area contributed by atoms with Gasteiger partial charge in [-0.05, 0) is 23.8 Å². The number of methoxy groups -OCH3 is 2. The van der Waals surface area contributed by atoms with Crippen molar-refractivity contribution in [1.82, 2.24) is 0 Å². The van der Waals surface area contributed by atoms with Gasteiger partial charge in [0.1, 0.15) is 11.5 Å². The lowest BCUT2D eigenvalue weighted by molar-refractivity contribution is 0.415. The van der Waals surface area contributed by atoms with Crippen molar-refractivity contribution in [2.24, 2.45) is 0 Å². The van der Waals surface area contributed by atoms with Gasteiger partial charge < -0.3 is 15.2 Å². The van der Waals surface area contributed by atoms with Crippen molar-refractivity contribution in [3.8, 4) is 22.6 Å². The van der Waals surface area contributed by atoms with E-state index in [1.54, 1.807) is 38.5 Å². The van der Waals surface area contributed by atoms with E-state index in [1.165, 1.54) is 0 Å². The fourth-order valence-corrected chi connectivity index (χ4v) is 2.31. The van der Waals surface area contributed by atoms with E-state index >= 15 is 0 Å². The molecule has 19 heavy (non-hydrogen) atoms. The highest BCUT2D eigenvalue weighted by Crippen LogP contribution is 2.38. The number of rotatable bonds is 3. The summed E-state index contributed by atoms with van der Waals surface area (Å²) in [7, 11) is 3.12. The molecular formula is C14H13Cl2NO2. The molecule has 0 saturated heterocycles. The van der Waals surface area contributed by atoms with Crippen molar-refractivity contribution < 1.29 is 9.47 Å². The van der Waals surface area contributed by atoms with Crippen LogP contribution in [0.3, 0.4) is 0 Å². The second-order valence-corrected chi connectivity index (χ2v) is 4.74. The molecule has 2 aromatic rings. The summed E-state index contributed by atoms with van der Waals surface area (Å²) in [5.74, 6) is 1.16. The average molecular weight is 298 g/mol. The second kappa shape index (κ2) is 5.59. The Kier molecular flexibility index (Phi) is 4.08. The molecule has 2 aromatic carbocycles. The van der Waals surface area contributed by atoms with Gasteiger partial charge in [-0.25, -0.2) is 0 Å². The predicted octanol–water partition coefficient (Wildman–Crippen LogP) is 4.26. The lowest BCUT2D eigenvalue weighted by Gasteiger charge is -2.11. The van der Waals surface area contributed by atoms with E-state index in [2.05, 4.69) is 0 Å². The molecule has 0 atom stereocenters. The van der Waals surface area contributed by atoms with Crippen LogP contribution < -0.4 is 15.2 Å². The number of benzene rings is 2. The molecule has 0 unspecified atom stereocenters. The minimum Gasteiger partial charge on any atom is -0.495 e. The number of hydrogen-bond donors (Lipinski definition) is 1. The standard InChI is InChI=1S/C14H13Cl2NO2/c1-18-13-4-3-8(5-12(13)17)9-6-11(16)14(19-2)7-10(9)15/h3-7H,17H2,1-2H3. The Morgan fingerprint density at radius 3 is 2.16 bits per heavy atom. The molecule has 0 bridgehead atoms. The third-order valence-corrected chi connectivity index (χ3v) is 3.39. The lowest BCUT2D eigenvalue weighted by atomic mass is 10.0. The first-order valence-corrected chi connectivity index (χ1v) is 6.29. The van der Waals surface area contributed by atoms with Crippen molar-refractivity contribution >= 4 is 28.9 Å². The number of hydrogen-bond acceptors (Lipinski definition) is 3. The minimum atomic E-state index is 0.497. The molecule has 0 saturated carbocycles. The number of halogens is 2. The molecule has 0 aromatic heterocycles. The summed E-state index contributed by atoms with van der Waals surface area (Å²) in [6.45, 7) is 0. The zero-order valence-corrected chi connectivity index (χ0v) is 12.0. The maximum absolute atomic E-state index is 6.23. The molecule has 5 heteroatoms. The van der Waals surface area contributed by atoms with E-state index in [1.807, 2.05) is 6.07 Å². The smallest absolute Gasteiger partial charge is 0.141 e. The Morgan fingerprint density at radius 1 is 0.895 bits per heavy atom.